The van der Waals surface area contributed by atoms with Crippen LogP contribution in [-0.2, 0) is 12.8 Å². The molecule has 112 valence electrons. The van der Waals surface area contributed by atoms with Gasteiger partial charge in [-0.3, -0.25) is 11.3 Å². The highest BCUT2D eigenvalue weighted by Crippen LogP contribution is 2.23. The van der Waals surface area contributed by atoms with Crippen molar-refractivity contribution in [1.82, 2.24) is 5.43 Å². The van der Waals surface area contributed by atoms with E-state index in [1.165, 1.54) is 11.1 Å². The first-order valence-corrected chi connectivity index (χ1v) is 8.21. The minimum atomic E-state index is 0.212. The van der Waals surface area contributed by atoms with Gasteiger partial charge >= 0.3 is 0 Å². The molecule has 0 aromatic heterocycles. The number of benzene rings is 2. The highest BCUT2D eigenvalue weighted by Gasteiger charge is 2.11. The Morgan fingerprint density at radius 3 is 2.71 bits per heavy atom. The van der Waals surface area contributed by atoms with Crippen LogP contribution >= 0.6 is 27.5 Å². The fourth-order valence-corrected chi connectivity index (χ4v) is 3.16. The zero-order valence-electron chi connectivity index (χ0n) is 12.1. The maximum Gasteiger partial charge on any atom is 0.0449 e. The molecule has 0 fully saturated rings. The predicted octanol–water partition coefficient (Wildman–Crippen LogP) is 4.42. The number of hydrogen-bond donors (Lipinski definition) is 2. The first-order valence-electron chi connectivity index (χ1n) is 7.04. The lowest BCUT2D eigenvalue weighted by Gasteiger charge is -2.17. The summed E-state index contributed by atoms with van der Waals surface area (Å²) in [6.45, 7) is 2.11. The molecule has 2 nitrogen and oxygen atoms in total. The van der Waals surface area contributed by atoms with Gasteiger partial charge in [0.05, 0.1) is 0 Å². The molecular formula is C17H20BrClN2. The molecule has 0 amide bonds. The van der Waals surface area contributed by atoms with Gasteiger partial charge in [-0.1, -0.05) is 63.4 Å². The molecule has 0 aliphatic rings. The summed E-state index contributed by atoms with van der Waals surface area (Å²) >= 11 is 9.69. The van der Waals surface area contributed by atoms with Gasteiger partial charge < -0.3 is 0 Å². The Hall–Kier alpha value is -0.870. The number of aryl methyl sites for hydroxylation is 2. The molecule has 21 heavy (non-hydrogen) atoms. The van der Waals surface area contributed by atoms with Crippen molar-refractivity contribution in [1.29, 1.82) is 0 Å². The summed E-state index contributed by atoms with van der Waals surface area (Å²) in [6, 6.07) is 14.8. The van der Waals surface area contributed by atoms with Gasteiger partial charge in [-0.2, -0.15) is 0 Å². The minimum Gasteiger partial charge on any atom is -0.271 e. The summed E-state index contributed by atoms with van der Waals surface area (Å²) in [7, 11) is 0. The fraction of sp³-hybridized carbons (Fsp3) is 0.294. The largest absolute Gasteiger partial charge is 0.271 e. The van der Waals surface area contributed by atoms with Gasteiger partial charge in [0.2, 0.25) is 0 Å². The highest BCUT2D eigenvalue weighted by atomic mass is 79.9. The minimum absolute atomic E-state index is 0.212. The second kappa shape index (κ2) is 7.95. The van der Waals surface area contributed by atoms with Crippen LogP contribution in [0.3, 0.4) is 0 Å². The van der Waals surface area contributed by atoms with E-state index in [1.807, 2.05) is 18.2 Å². The third-order valence-electron chi connectivity index (χ3n) is 3.58. The lowest BCUT2D eigenvalue weighted by Crippen LogP contribution is -2.37. The molecule has 0 radical (unpaired) electrons. The van der Waals surface area contributed by atoms with Crippen molar-refractivity contribution in [2.75, 3.05) is 0 Å². The van der Waals surface area contributed by atoms with Crippen LogP contribution in [0.1, 0.15) is 23.1 Å². The normalized spacial score (nSPS) is 12.4. The monoisotopic (exact) mass is 366 g/mol. The average Bonchev–Trinajstić information content (AvgIpc) is 2.45. The molecule has 2 rings (SSSR count). The molecular weight excluding hydrogens is 348 g/mol. The van der Waals surface area contributed by atoms with E-state index in [4.69, 9.17) is 17.4 Å². The van der Waals surface area contributed by atoms with Crippen LogP contribution in [0.25, 0.3) is 0 Å². The van der Waals surface area contributed by atoms with Crippen molar-refractivity contribution in [3.63, 3.8) is 0 Å². The lowest BCUT2D eigenvalue weighted by molar-refractivity contribution is 0.491. The van der Waals surface area contributed by atoms with Gasteiger partial charge in [-0.05, 0) is 49.4 Å². The standard InChI is InChI=1S/C17H20BrClN2/c1-12-3-2-4-13(9-12)5-8-16(21-20)10-14-6-7-15(18)11-17(14)19/h2-4,6-7,9,11,16,21H,5,8,10,20H2,1H3. The Kier molecular flexibility index (Phi) is 6.24. The highest BCUT2D eigenvalue weighted by molar-refractivity contribution is 9.10. The van der Waals surface area contributed by atoms with Crippen molar-refractivity contribution in [2.45, 2.75) is 32.2 Å². The second-order valence-electron chi connectivity index (χ2n) is 5.33. The zero-order valence-corrected chi connectivity index (χ0v) is 14.4. The smallest absolute Gasteiger partial charge is 0.0449 e. The van der Waals surface area contributed by atoms with Gasteiger partial charge in [0.15, 0.2) is 0 Å². The van der Waals surface area contributed by atoms with Gasteiger partial charge in [0.1, 0.15) is 0 Å². The van der Waals surface area contributed by atoms with E-state index in [2.05, 4.69) is 52.5 Å². The Labute approximate surface area is 139 Å². The molecule has 1 atom stereocenters. The average molecular weight is 368 g/mol. The van der Waals surface area contributed by atoms with Crippen LogP contribution in [0, 0.1) is 6.92 Å². The molecule has 0 saturated heterocycles. The fourth-order valence-electron chi connectivity index (χ4n) is 2.41. The maximum absolute atomic E-state index is 6.27. The van der Waals surface area contributed by atoms with E-state index in [1.54, 1.807) is 0 Å². The molecule has 0 spiro atoms. The molecule has 0 saturated carbocycles. The Morgan fingerprint density at radius 1 is 1.24 bits per heavy atom. The summed E-state index contributed by atoms with van der Waals surface area (Å²) in [5, 5.41) is 0.778. The summed E-state index contributed by atoms with van der Waals surface area (Å²) < 4.78 is 0.994. The van der Waals surface area contributed by atoms with Crippen LogP contribution in [0.2, 0.25) is 5.02 Å². The summed E-state index contributed by atoms with van der Waals surface area (Å²) in [5.74, 6) is 5.69. The lowest BCUT2D eigenvalue weighted by atomic mass is 9.99. The topological polar surface area (TPSA) is 38.0 Å². The number of nitrogens with two attached hydrogens (primary N) is 1. The van der Waals surface area contributed by atoms with Crippen molar-refractivity contribution in [2.24, 2.45) is 5.84 Å². The summed E-state index contributed by atoms with van der Waals surface area (Å²) in [4.78, 5) is 0. The quantitative estimate of drug-likeness (QED) is 0.586. The first kappa shape index (κ1) is 16.5. The molecule has 1 unspecified atom stereocenters. The molecule has 0 aliphatic carbocycles. The first-order chi connectivity index (χ1) is 10.1. The Balaban J connectivity index is 1.97. The number of hydrogen-bond acceptors (Lipinski definition) is 2. The third kappa shape index (κ3) is 5.11. The Morgan fingerprint density at radius 2 is 2.05 bits per heavy atom. The van der Waals surface area contributed by atoms with Gasteiger partial charge in [-0.15, -0.1) is 0 Å². The van der Waals surface area contributed by atoms with Gasteiger partial charge in [0.25, 0.3) is 0 Å². The van der Waals surface area contributed by atoms with Crippen molar-refractivity contribution < 1.29 is 0 Å². The van der Waals surface area contributed by atoms with Crippen LogP contribution in [-0.4, -0.2) is 6.04 Å². The zero-order chi connectivity index (χ0) is 15.2. The number of nitrogens with one attached hydrogen (secondary N) is 1. The summed E-state index contributed by atoms with van der Waals surface area (Å²) in [6.07, 6.45) is 2.81. The number of hydrazine groups is 1. The van der Waals surface area contributed by atoms with Crippen LogP contribution in [0.5, 0.6) is 0 Å². The van der Waals surface area contributed by atoms with E-state index in [-0.39, 0.29) is 6.04 Å². The number of rotatable bonds is 6. The van der Waals surface area contributed by atoms with E-state index >= 15 is 0 Å². The molecule has 3 N–H and O–H groups in total. The van der Waals surface area contributed by atoms with E-state index < -0.39 is 0 Å². The molecule has 2 aromatic carbocycles. The second-order valence-corrected chi connectivity index (χ2v) is 6.65. The maximum atomic E-state index is 6.27. The SMILES string of the molecule is Cc1cccc(CCC(Cc2ccc(Br)cc2Cl)NN)c1. The molecule has 4 heteroatoms. The van der Waals surface area contributed by atoms with Crippen LogP contribution < -0.4 is 11.3 Å². The van der Waals surface area contributed by atoms with Crippen molar-refractivity contribution >= 4 is 27.5 Å². The van der Waals surface area contributed by atoms with E-state index in [0.717, 1.165) is 34.3 Å². The molecule has 0 bridgehead atoms. The van der Waals surface area contributed by atoms with Crippen molar-refractivity contribution in [3.8, 4) is 0 Å². The Bertz CT molecular complexity index is 601. The molecule has 2 aromatic rings. The van der Waals surface area contributed by atoms with Crippen LogP contribution in [0.4, 0.5) is 0 Å². The third-order valence-corrected chi connectivity index (χ3v) is 4.43. The van der Waals surface area contributed by atoms with Gasteiger partial charge in [0, 0.05) is 15.5 Å². The van der Waals surface area contributed by atoms with Gasteiger partial charge in [-0.25, -0.2) is 0 Å². The summed E-state index contributed by atoms with van der Waals surface area (Å²) in [5.41, 5.74) is 6.66. The van der Waals surface area contributed by atoms with E-state index in [9.17, 15) is 0 Å². The number of halogens is 2. The molecule has 0 aliphatic heterocycles. The van der Waals surface area contributed by atoms with Crippen molar-refractivity contribution in [3.05, 3.63) is 68.7 Å². The van der Waals surface area contributed by atoms with Crippen LogP contribution in [0.15, 0.2) is 46.9 Å². The predicted molar refractivity (Wildman–Crippen MR) is 93.5 cm³/mol. The van der Waals surface area contributed by atoms with E-state index in [0.29, 0.717) is 0 Å². The molecule has 0 heterocycles.